The predicted octanol–water partition coefficient (Wildman–Crippen LogP) is 2.99. The van der Waals surface area contributed by atoms with Crippen molar-refractivity contribution in [1.29, 1.82) is 0 Å². The van der Waals surface area contributed by atoms with E-state index < -0.39 is 0 Å². The van der Waals surface area contributed by atoms with Crippen molar-refractivity contribution >= 4 is 0 Å². The van der Waals surface area contributed by atoms with Gasteiger partial charge < -0.3 is 9.84 Å². The number of benzene rings is 1. The number of hydrogen-bond donors (Lipinski definition) is 1. The Labute approximate surface area is 113 Å². The van der Waals surface area contributed by atoms with Crippen LogP contribution in [0.5, 0.6) is 5.75 Å². The van der Waals surface area contributed by atoms with Crippen LogP contribution in [0.25, 0.3) is 0 Å². The summed E-state index contributed by atoms with van der Waals surface area (Å²) in [5.41, 5.74) is 2.80. The minimum Gasteiger partial charge on any atom is -0.508 e. The van der Waals surface area contributed by atoms with E-state index in [1.165, 1.54) is 24.0 Å². The molecular weight excluding hydrogens is 236 g/mol. The Hall–Kier alpha value is -1.46. The van der Waals surface area contributed by atoms with Gasteiger partial charge >= 0.3 is 0 Å². The molecule has 98 valence electrons. The van der Waals surface area contributed by atoms with E-state index in [0.717, 1.165) is 19.3 Å². The van der Waals surface area contributed by atoms with Crippen LogP contribution in [0.2, 0.25) is 0 Å². The molecule has 2 heteroatoms. The number of aromatic hydroxyl groups is 1. The number of phenols is 1. The van der Waals surface area contributed by atoms with E-state index in [1.807, 2.05) is 12.1 Å². The summed E-state index contributed by atoms with van der Waals surface area (Å²) in [6.45, 7) is 0. The molecule has 0 aromatic heterocycles. The second-order valence-electron chi connectivity index (χ2n) is 6.26. The van der Waals surface area contributed by atoms with Crippen LogP contribution in [-0.2, 0) is 11.2 Å². The minimum absolute atomic E-state index is 0.0182. The van der Waals surface area contributed by atoms with Gasteiger partial charge in [-0.05, 0) is 67.2 Å². The quantitative estimate of drug-likeness (QED) is 0.570. The van der Waals surface area contributed by atoms with Crippen LogP contribution >= 0.6 is 0 Å². The van der Waals surface area contributed by atoms with Gasteiger partial charge in [-0.2, -0.15) is 0 Å². The molecule has 0 bridgehead atoms. The van der Waals surface area contributed by atoms with Crippen LogP contribution < -0.4 is 0 Å². The van der Waals surface area contributed by atoms with Crippen LogP contribution in [0.15, 0.2) is 18.2 Å². The summed E-state index contributed by atoms with van der Waals surface area (Å²) in [5, 5.41) is 9.60. The molecule has 2 aliphatic carbocycles. The number of fused-ring (bicyclic) bond motifs is 3. The summed E-state index contributed by atoms with van der Waals surface area (Å²) in [4.78, 5) is 0. The normalized spacial score (nSPS) is 39.2. The number of phenolic OH excluding ortho intramolecular Hbond substituents is 1. The number of aryl methyl sites for hydroxylation is 1. The Morgan fingerprint density at radius 1 is 1.37 bits per heavy atom. The second-order valence-corrected chi connectivity index (χ2v) is 6.26. The highest BCUT2D eigenvalue weighted by Crippen LogP contribution is 2.56. The van der Waals surface area contributed by atoms with Crippen molar-refractivity contribution in [3.05, 3.63) is 29.3 Å². The maximum atomic E-state index is 9.60. The molecular formula is C17H18O2. The van der Waals surface area contributed by atoms with Gasteiger partial charge in [0.25, 0.3) is 0 Å². The van der Waals surface area contributed by atoms with E-state index in [9.17, 15) is 5.11 Å². The van der Waals surface area contributed by atoms with E-state index >= 15 is 0 Å². The number of epoxide rings is 1. The summed E-state index contributed by atoms with van der Waals surface area (Å²) in [6.07, 6.45) is 11.2. The van der Waals surface area contributed by atoms with E-state index in [-0.39, 0.29) is 11.7 Å². The third-order valence-electron chi connectivity index (χ3n) is 5.29. The molecule has 4 rings (SSSR count). The highest BCUT2D eigenvalue weighted by molar-refractivity contribution is 5.40. The van der Waals surface area contributed by atoms with Crippen LogP contribution in [-0.4, -0.2) is 16.8 Å². The zero-order valence-electron chi connectivity index (χ0n) is 10.9. The molecule has 19 heavy (non-hydrogen) atoms. The Balaban J connectivity index is 1.62. The first-order valence-corrected chi connectivity index (χ1v) is 7.17. The molecule has 1 aromatic carbocycles. The number of rotatable bonds is 0. The van der Waals surface area contributed by atoms with Crippen molar-refractivity contribution in [2.75, 3.05) is 0 Å². The van der Waals surface area contributed by atoms with Crippen LogP contribution in [0.3, 0.4) is 0 Å². The van der Waals surface area contributed by atoms with Crippen molar-refractivity contribution in [2.24, 2.45) is 5.92 Å². The summed E-state index contributed by atoms with van der Waals surface area (Å²) in [5.74, 6) is 4.49. The summed E-state index contributed by atoms with van der Waals surface area (Å²) in [6, 6.07) is 5.88. The average Bonchev–Trinajstić information content (AvgIpc) is 3.10. The molecule has 1 saturated heterocycles. The number of ether oxygens (including phenoxy) is 1. The Bertz CT molecular complexity index is 571. The third-order valence-corrected chi connectivity index (χ3v) is 5.29. The molecule has 1 saturated carbocycles. The SMILES string of the molecule is C#CC1OC12CCC1c3ccc(O)cc3CCC1C2. The van der Waals surface area contributed by atoms with Crippen molar-refractivity contribution in [3.8, 4) is 18.1 Å². The van der Waals surface area contributed by atoms with Crippen molar-refractivity contribution in [3.63, 3.8) is 0 Å². The molecule has 2 nitrogen and oxygen atoms in total. The van der Waals surface area contributed by atoms with E-state index in [1.54, 1.807) is 0 Å². The van der Waals surface area contributed by atoms with E-state index in [0.29, 0.717) is 17.6 Å². The van der Waals surface area contributed by atoms with Gasteiger partial charge in [-0.1, -0.05) is 12.0 Å². The van der Waals surface area contributed by atoms with Crippen LogP contribution in [0.4, 0.5) is 0 Å². The molecule has 2 fully saturated rings. The molecule has 1 aliphatic heterocycles. The summed E-state index contributed by atoms with van der Waals surface area (Å²) in [7, 11) is 0. The molecule has 1 aromatic rings. The number of hydrogen-bond acceptors (Lipinski definition) is 2. The standard InChI is InChI=1S/C17H18O2/c1-2-16-17(19-16)8-7-15-12(10-17)4-3-11-9-13(18)5-6-14(11)15/h1,5-6,9,12,15-16,18H,3-4,7-8,10H2. The fourth-order valence-electron chi connectivity index (χ4n) is 4.28. The third kappa shape index (κ3) is 1.61. The highest BCUT2D eigenvalue weighted by atomic mass is 16.6. The van der Waals surface area contributed by atoms with Gasteiger partial charge in [0.2, 0.25) is 0 Å². The zero-order valence-corrected chi connectivity index (χ0v) is 10.9. The lowest BCUT2D eigenvalue weighted by Crippen LogP contribution is -2.33. The highest BCUT2D eigenvalue weighted by Gasteiger charge is 2.59. The van der Waals surface area contributed by atoms with Gasteiger partial charge in [0.1, 0.15) is 17.5 Å². The first kappa shape index (κ1) is 11.4. The predicted molar refractivity (Wildman–Crippen MR) is 72.9 cm³/mol. The lowest BCUT2D eigenvalue weighted by molar-refractivity contribution is 0.157. The van der Waals surface area contributed by atoms with E-state index in [4.69, 9.17) is 11.2 Å². The number of terminal acetylenes is 1. The molecule has 1 spiro atoms. The maximum absolute atomic E-state index is 9.60. The lowest BCUT2D eigenvalue weighted by Gasteiger charge is -2.39. The molecule has 3 aliphatic rings. The van der Waals surface area contributed by atoms with Gasteiger partial charge in [-0.25, -0.2) is 0 Å². The lowest BCUT2D eigenvalue weighted by atomic mass is 9.64. The van der Waals surface area contributed by atoms with E-state index in [2.05, 4.69) is 12.0 Å². The molecule has 1 N–H and O–H groups in total. The monoisotopic (exact) mass is 254 g/mol. The second kappa shape index (κ2) is 3.77. The fraction of sp³-hybridized carbons (Fsp3) is 0.529. The van der Waals surface area contributed by atoms with Crippen LogP contribution in [0.1, 0.15) is 42.7 Å². The molecule has 0 radical (unpaired) electrons. The van der Waals surface area contributed by atoms with Gasteiger partial charge in [0.15, 0.2) is 0 Å². The Morgan fingerprint density at radius 3 is 3.05 bits per heavy atom. The summed E-state index contributed by atoms with van der Waals surface area (Å²) >= 11 is 0. The Kier molecular flexibility index (Phi) is 2.26. The Morgan fingerprint density at radius 2 is 2.26 bits per heavy atom. The molecule has 1 heterocycles. The molecule has 4 atom stereocenters. The van der Waals surface area contributed by atoms with Gasteiger partial charge in [0, 0.05) is 0 Å². The van der Waals surface area contributed by atoms with Crippen molar-refractivity contribution in [1.82, 2.24) is 0 Å². The van der Waals surface area contributed by atoms with Gasteiger partial charge in [0.05, 0.1) is 0 Å². The zero-order chi connectivity index (χ0) is 13.0. The summed E-state index contributed by atoms with van der Waals surface area (Å²) < 4.78 is 5.77. The van der Waals surface area contributed by atoms with Crippen LogP contribution in [0, 0.1) is 18.3 Å². The first-order valence-electron chi connectivity index (χ1n) is 7.17. The van der Waals surface area contributed by atoms with Crippen molar-refractivity contribution < 1.29 is 9.84 Å². The van der Waals surface area contributed by atoms with Gasteiger partial charge in [-0.3, -0.25) is 0 Å². The smallest absolute Gasteiger partial charge is 0.147 e. The minimum atomic E-state index is 0.0182. The largest absolute Gasteiger partial charge is 0.508 e. The fourth-order valence-corrected chi connectivity index (χ4v) is 4.28. The molecule has 4 unspecified atom stereocenters. The maximum Gasteiger partial charge on any atom is 0.147 e. The average molecular weight is 254 g/mol. The molecule has 0 amide bonds. The van der Waals surface area contributed by atoms with Gasteiger partial charge in [-0.15, -0.1) is 6.42 Å². The topological polar surface area (TPSA) is 32.8 Å². The first-order chi connectivity index (χ1) is 9.22. The van der Waals surface area contributed by atoms with Crippen molar-refractivity contribution in [2.45, 2.75) is 49.7 Å².